The number of benzene rings is 1. The summed E-state index contributed by atoms with van der Waals surface area (Å²) in [6.07, 6.45) is -3.82. The van der Waals surface area contributed by atoms with Gasteiger partial charge in [-0.05, 0) is 25.3 Å². The first kappa shape index (κ1) is 7.49. The van der Waals surface area contributed by atoms with Crippen molar-refractivity contribution < 1.29 is 19.2 Å². The molecule has 1 aliphatic carbocycles. The number of Topliss-reactive ketones (excluding diaryl/α,β-unsaturated/α-hetero) is 2. The lowest BCUT2D eigenvalue weighted by Gasteiger charge is -2.24. The Bertz CT molecular complexity index is 1090. The van der Waals surface area contributed by atoms with Crippen molar-refractivity contribution in [3.63, 3.8) is 0 Å². The quantitative estimate of drug-likeness (QED) is 0.628. The first-order valence-corrected chi connectivity index (χ1v) is 6.12. The Hall–Kier alpha value is -2.50. The van der Waals surface area contributed by atoms with Crippen molar-refractivity contribution in [2.75, 3.05) is 5.73 Å². The van der Waals surface area contributed by atoms with Crippen LogP contribution in [0.25, 0.3) is 10.9 Å². The van der Waals surface area contributed by atoms with Crippen molar-refractivity contribution in [3.05, 3.63) is 34.3 Å². The van der Waals surface area contributed by atoms with E-state index in [1.165, 1.54) is 0 Å². The molecule has 1 unspecified atom stereocenters. The number of aromatic nitrogens is 2. The maximum Gasteiger partial charge on any atom is 0.264 e. The number of anilines is 1. The van der Waals surface area contributed by atoms with Gasteiger partial charge in [-0.3, -0.25) is 19.0 Å². The van der Waals surface area contributed by atoms with E-state index in [9.17, 15) is 14.4 Å². The summed E-state index contributed by atoms with van der Waals surface area (Å²) in [7, 11) is 0. The van der Waals surface area contributed by atoms with E-state index in [2.05, 4.69) is 4.98 Å². The van der Waals surface area contributed by atoms with Crippen molar-refractivity contribution in [3.8, 4) is 0 Å². The zero-order valence-electron chi connectivity index (χ0n) is 17.8. The summed E-state index contributed by atoms with van der Waals surface area (Å²) in [4.78, 5) is 41.1. The zero-order valence-corrected chi connectivity index (χ0v) is 10.8. The molecule has 1 saturated carbocycles. The van der Waals surface area contributed by atoms with Crippen LogP contribution in [0, 0.1) is 6.85 Å². The van der Waals surface area contributed by atoms with E-state index in [1.807, 2.05) is 0 Å². The van der Waals surface area contributed by atoms with Crippen LogP contribution >= 0.6 is 0 Å². The van der Waals surface area contributed by atoms with Crippen molar-refractivity contribution in [2.45, 2.75) is 32.1 Å². The Balaban J connectivity index is 2.48. The lowest BCUT2D eigenvalue weighted by molar-refractivity contribution is -0.132. The fraction of sp³-hybridized carbons (Fsp3) is 0.333. The van der Waals surface area contributed by atoms with Crippen molar-refractivity contribution in [1.82, 2.24) is 9.55 Å². The van der Waals surface area contributed by atoms with Gasteiger partial charge in [0.15, 0.2) is 5.78 Å². The highest BCUT2D eigenvalue weighted by atomic mass is 16.2. The summed E-state index contributed by atoms with van der Waals surface area (Å²) in [6, 6.07) is -1.72. The van der Waals surface area contributed by atoms with Crippen LogP contribution < -0.4 is 11.3 Å². The van der Waals surface area contributed by atoms with E-state index in [4.69, 9.17) is 15.3 Å². The molecular weight excluding hydrogens is 270 g/mol. The second-order valence-electron chi connectivity index (χ2n) is 4.66. The third-order valence-corrected chi connectivity index (χ3v) is 3.26. The lowest BCUT2D eigenvalue weighted by atomic mass is 9.92. The lowest BCUT2D eigenvalue weighted by Crippen LogP contribution is -2.36. The van der Waals surface area contributed by atoms with Gasteiger partial charge in [-0.25, -0.2) is 4.98 Å². The molecule has 0 bridgehead atoms. The van der Waals surface area contributed by atoms with Crippen molar-refractivity contribution in [2.24, 2.45) is 0 Å². The molecule has 0 saturated heterocycles. The summed E-state index contributed by atoms with van der Waals surface area (Å²) in [5.74, 6) is -2.45. The molecule has 3 rings (SSSR count). The fourth-order valence-corrected chi connectivity index (χ4v) is 2.31. The Morgan fingerprint density at radius 1 is 1.52 bits per heavy atom. The SMILES string of the molecule is [2H]c1cc2nc(C([2H])([2H])[2H])n(C3C(=O)CC(=O)CC3([2H])[2H])c(=O)c2c(N)c1[2H]. The van der Waals surface area contributed by atoms with Gasteiger partial charge < -0.3 is 5.73 Å². The van der Waals surface area contributed by atoms with E-state index in [0.717, 1.165) is 6.07 Å². The van der Waals surface area contributed by atoms with Crippen molar-refractivity contribution >= 4 is 28.2 Å². The normalized spacial score (nSPS) is 27.0. The van der Waals surface area contributed by atoms with Gasteiger partial charge in [-0.15, -0.1) is 0 Å². The average molecular weight is 292 g/mol. The van der Waals surface area contributed by atoms with Gasteiger partial charge in [-0.2, -0.15) is 0 Å². The molecule has 21 heavy (non-hydrogen) atoms. The Morgan fingerprint density at radius 3 is 3.05 bits per heavy atom. The summed E-state index contributed by atoms with van der Waals surface area (Å²) >= 11 is 0. The molecule has 0 radical (unpaired) electrons. The predicted molar refractivity (Wildman–Crippen MR) is 78.1 cm³/mol. The van der Waals surface area contributed by atoms with Crippen LogP contribution in [-0.4, -0.2) is 21.1 Å². The van der Waals surface area contributed by atoms with Gasteiger partial charge >= 0.3 is 0 Å². The number of fused-ring (bicyclic) bond motifs is 1. The highest BCUT2D eigenvalue weighted by molar-refractivity contribution is 6.03. The smallest absolute Gasteiger partial charge is 0.264 e. The molecular formula is C15H15N3O3. The molecule has 1 atom stereocenters. The molecule has 1 aromatic heterocycles. The number of nitrogen functional groups attached to an aromatic ring is 1. The molecule has 0 spiro atoms. The van der Waals surface area contributed by atoms with Gasteiger partial charge in [0.1, 0.15) is 11.6 Å². The number of aryl methyl sites for hydroxylation is 1. The van der Waals surface area contributed by atoms with Crippen LogP contribution in [0.2, 0.25) is 0 Å². The van der Waals surface area contributed by atoms with Gasteiger partial charge in [0.05, 0.1) is 26.1 Å². The molecule has 0 amide bonds. The van der Waals surface area contributed by atoms with Gasteiger partial charge in [0, 0.05) is 19.0 Å². The molecule has 6 nitrogen and oxygen atoms in total. The fourth-order valence-electron chi connectivity index (χ4n) is 2.31. The third-order valence-electron chi connectivity index (χ3n) is 3.26. The second-order valence-corrected chi connectivity index (χ2v) is 4.66. The number of nitrogens with two attached hydrogens (primary N) is 1. The van der Waals surface area contributed by atoms with Crippen LogP contribution in [0.3, 0.4) is 0 Å². The molecule has 0 aliphatic heterocycles. The summed E-state index contributed by atoms with van der Waals surface area (Å²) < 4.78 is 55.1. The van der Waals surface area contributed by atoms with E-state index in [0.29, 0.717) is 4.57 Å². The van der Waals surface area contributed by atoms with Crippen LogP contribution in [0.15, 0.2) is 22.9 Å². The Morgan fingerprint density at radius 2 is 2.33 bits per heavy atom. The molecule has 1 heterocycles. The van der Waals surface area contributed by atoms with Crippen LogP contribution in [0.1, 0.15) is 40.7 Å². The maximum atomic E-state index is 13.1. The number of rotatable bonds is 1. The second kappa shape index (κ2) is 4.80. The summed E-state index contributed by atoms with van der Waals surface area (Å²) in [6.45, 7) is -3.00. The molecule has 2 N–H and O–H groups in total. The van der Waals surface area contributed by atoms with Crippen LogP contribution in [0.4, 0.5) is 5.69 Å². The number of carbonyl (C=O) groups is 2. The van der Waals surface area contributed by atoms with E-state index < -0.39 is 66.8 Å². The molecule has 1 aliphatic rings. The van der Waals surface area contributed by atoms with Crippen LogP contribution in [0.5, 0.6) is 0 Å². The first-order valence-electron chi connectivity index (χ1n) is 9.62. The summed E-state index contributed by atoms with van der Waals surface area (Å²) in [5, 5.41) is -0.380. The van der Waals surface area contributed by atoms with Crippen LogP contribution in [-0.2, 0) is 9.59 Å². The first-order chi connectivity index (χ1) is 12.8. The Labute approximate surface area is 130 Å². The van der Waals surface area contributed by atoms with E-state index in [1.54, 1.807) is 0 Å². The van der Waals surface area contributed by atoms with E-state index in [-0.39, 0.29) is 16.9 Å². The third kappa shape index (κ3) is 2.12. The number of nitrogens with zero attached hydrogens (tertiary/aromatic N) is 2. The minimum absolute atomic E-state index is 0.245. The highest BCUT2D eigenvalue weighted by Crippen LogP contribution is 2.24. The minimum atomic E-state index is -3.00. The van der Waals surface area contributed by atoms with Gasteiger partial charge in [0.2, 0.25) is 0 Å². The standard InChI is InChI=1S/C15H15N3O3/c1-8-17-11-4-2-3-10(16)14(11)15(21)18(8)12-6-5-9(19)7-13(12)20/h2-4,12H,5-7,16H2,1H3/i1D3,2D,3D,6D2. The number of hydrogen-bond acceptors (Lipinski definition) is 5. The van der Waals surface area contributed by atoms with Crippen molar-refractivity contribution in [1.29, 1.82) is 0 Å². The average Bonchev–Trinajstić information content (AvgIpc) is 2.51. The van der Waals surface area contributed by atoms with E-state index >= 15 is 0 Å². The number of ketones is 2. The molecule has 108 valence electrons. The minimum Gasteiger partial charge on any atom is -0.398 e. The largest absolute Gasteiger partial charge is 0.398 e. The monoisotopic (exact) mass is 292 g/mol. The van der Waals surface area contributed by atoms with Gasteiger partial charge in [-0.1, -0.05) is 6.04 Å². The zero-order chi connectivity index (χ0) is 21.2. The van der Waals surface area contributed by atoms with Gasteiger partial charge in [0.25, 0.3) is 5.56 Å². The predicted octanol–water partition coefficient (Wildman–Crippen LogP) is 1.15. The maximum absolute atomic E-state index is 13.1. The molecule has 6 heteroatoms. The Kier molecular flexibility index (Phi) is 1.71. The number of hydrogen-bond donors (Lipinski definition) is 1. The molecule has 2 aromatic rings. The summed E-state index contributed by atoms with van der Waals surface area (Å²) in [5.41, 5.74) is 3.99. The molecule has 1 fully saturated rings. The highest BCUT2D eigenvalue weighted by Gasteiger charge is 2.30. The number of carbonyl (C=O) groups excluding carboxylic acids is 2. The molecule has 1 aromatic carbocycles. The topological polar surface area (TPSA) is 95.0 Å².